The van der Waals surface area contributed by atoms with Crippen molar-refractivity contribution in [3.63, 3.8) is 0 Å². The van der Waals surface area contributed by atoms with Crippen molar-refractivity contribution in [2.45, 2.75) is 25.7 Å². The third kappa shape index (κ3) is 4.25. The predicted molar refractivity (Wildman–Crippen MR) is 111 cm³/mol. The zero-order chi connectivity index (χ0) is 19.5. The molecule has 0 aliphatic carbocycles. The number of piperidine rings is 1. The van der Waals surface area contributed by atoms with Crippen molar-refractivity contribution in [3.05, 3.63) is 64.5 Å². The van der Waals surface area contributed by atoms with E-state index in [2.05, 4.69) is 31.4 Å². The number of nitrogens with one attached hydrogen (secondary N) is 1. The van der Waals surface area contributed by atoms with Gasteiger partial charge in [0.1, 0.15) is 0 Å². The first-order valence-electron chi connectivity index (χ1n) is 9.30. The summed E-state index contributed by atoms with van der Waals surface area (Å²) in [5.41, 5.74) is 2.83. The summed E-state index contributed by atoms with van der Waals surface area (Å²) in [6, 6.07) is 15.5. The van der Waals surface area contributed by atoms with Gasteiger partial charge in [-0.1, -0.05) is 33.2 Å². The SMILES string of the molecule is Cc1cccc(NC(=O)N2CCCC(c3nc(-c4ccc(Br)cc4)no3)C2)c1. The van der Waals surface area contributed by atoms with Gasteiger partial charge in [-0.15, -0.1) is 0 Å². The molecule has 1 saturated heterocycles. The van der Waals surface area contributed by atoms with Crippen molar-refractivity contribution in [2.75, 3.05) is 18.4 Å². The molecule has 4 rings (SSSR count). The molecule has 1 aliphatic rings. The van der Waals surface area contributed by atoms with Crippen molar-refractivity contribution < 1.29 is 9.32 Å². The van der Waals surface area contributed by atoms with Crippen molar-refractivity contribution in [1.29, 1.82) is 0 Å². The minimum atomic E-state index is -0.0945. The highest BCUT2D eigenvalue weighted by atomic mass is 79.9. The number of halogens is 1. The Bertz CT molecular complexity index is 971. The summed E-state index contributed by atoms with van der Waals surface area (Å²) in [5, 5.41) is 7.09. The number of rotatable bonds is 3. The summed E-state index contributed by atoms with van der Waals surface area (Å²) in [7, 11) is 0. The summed E-state index contributed by atoms with van der Waals surface area (Å²) in [4.78, 5) is 19.0. The summed E-state index contributed by atoms with van der Waals surface area (Å²) < 4.78 is 6.52. The summed E-state index contributed by atoms with van der Waals surface area (Å²) in [6.07, 6.45) is 1.83. The molecule has 1 atom stereocenters. The fourth-order valence-corrected chi connectivity index (χ4v) is 3.67. The molecule has 144 valence electrons. The molecule has 0 saturated carbocycles. The number of likely N-dealkylation sites (tertiary alicyclic amines) is 1. The molecule has 3 aromatic rings. The molecule has 6 nitrogen and oxygen atoms in total. The van der Waals surface area contributed by atoms with Crippen LogP contribution in [0.15, 0.2) is 57.5 Å². The van der Waals surface area contributed by atoms with Crippen molar-refractivity contribution in [2.24, 2.45) is 0 Å². The van der Waals surface area contributed by atoms with Gasteiger partial charge in [-0.3, -0.25) is 0 Å². The van der Waals surface area contributed by atoms with E-state index in [9.17, 15) is 4.79 Å². The Morgan fingerprint density at radius 3 is 2.86 bits per heavy atom. The maximum atomic E-state index is 12.7. The maximum absolute atomic E-state index is 12.7. The van der Waals surface area contributed by atoms with Gasteiger partial charge in [0.05, 0.1) is 5.92 Å². The molecule has 1 aliphatic heterocycles. The fourth-order valence-electron chi connectivity index (χ4n) is 3.41. The van der Waals surface area contributed by atoms with Crippen LogP contribution < -0.4 is 5.32 Å². The fraction of sp³-hybridized carbons (Fsp3) is 0.286. The van der Waals surface area contributed by atoms with Crippen molar-refractivity contribution in [3.8, 4) is 11.4 Å². The Labute approximate surface area is 172 Å². The van der Waals surface area contributed by atoms with Crippen LogP contribution in [-0.2, 0) is 0 Å². The molecule has 7 heteroatoms. The van der Waals surface area contributed by atoms with Crippen molar-refractivity contribution >= 4 is 27.6 Å². The zero-order valence-electron chi connectivity index (χ0n) is 15.6. The number of aromatic nitrogens is 2. The van der Waals surface area contributed by atoms with Crippen LogP contribution in [0.2, 0.25) is 0 Å². The summed E-state index contributed by atoms with van der Waals surface area (Å²) in [5.74, 6) is 1.21. The molecule has 28 heavy (non-hydrogen) atoms. The van der Waals surface area contributed by atoms with Gasteiger partial charge in [-0.2, -0.15) is 4.98 Å². The van der Waals surface area contributed by atoms with E-state index in [4.69, 9.17) is 4.52 Å². The second kappa shape index (κ2) is 8.14. The highest BCUT2D eigenvalue weighted by Crippen LogP contribution is 2.28. The van der Waals surface area contributed by atoms with E-state index in [1.807, 2.05) is 60.4 Å². The number of carbonyl (C=O) groups is 1. The summed E-state index contributed by atoms with van der Waals surface area (Å²) in [6.45, 7) is 3.30. The van der Waals surface area contributed by atoms with E-state index in [0.717, 1.165) is 40.7 Å². The Morgan fingerprint density at radius 2 is 2.07 bits per heavy atom. The van der Waals surface area contributed by atoms with E-state index < -0.39 is 0 Å². The first kappa shape index (κ1) is 18.7. The number of hydrogen-bond donors (Lipinski definition) is 1. The van der Waals surface area contributed by atoms with Crippen molar-refractivity contribution in [1.82, 2.24) is 15.0 Å². The average Bonchev–Trinajstić information content (AvgIpc) is 3.19. The molecular formula is C21H21BrN4O2. The Kier molecular flexibility index (Phi) is 5.43. The lowest BCUT2D eigenvalue weighted by Gasteiger charge is -2.31. The number of benzene rings is 2. The van der Waals surface area contributed by atoms with Gasteiger partial charge in [-0.25, -0.2) is 4.79 Å². The molecule has 1 N–H and O–H groups in total. The Hall–Kier alpha value is -2.67. The predicted octanol–water partition coefficient (Wildman–Crippen LogP) is 5.22. The number of aryl methyl sites for hydroxylation is 1. The largest absolute Gasteiger partial charge is 0.339 e. The van der Waals surface area contributed by atoms with E-state index >= 15 is 0 Å². The smallest absolute Gasteiger partial charge is 0.321 e. The first-order chi connectivity index (χ1) is 13.6. The number of hydrogen-bond acceptors (Lipinski definition) is 4. The third-order valence-corrected chi connectivity index (χ3v) is 5.40. The van der Waals surface area contributed by atoms with Crippen LogP contribution in [-0.4, -0.2) is 34.2 Å². The van der Waals surface area contributed by atoms with Crippen LogP contribution in [0.5, 0.6) is 0 Å². The van der Waals surface area contributed by atoms with Gasteiger partial charge in [0.15, 0.2) is 0 Å². The van der Waals surface area contributed by atoms with Gasteiger partial charge in [-0.05, 0) is 61.7 Å². The van der Waals surface area contributed by atoms with E-state index in [1.54, 1.807) is 0 Å². The van der Waals surface area contributed by atoms with Crippen LogP contribution in [0.3, 0.4) is 0 Å². The zero-order valence-corrected chi connectivity index (χ0v) is 17.1. The molecule has 2 amide bonds. The minimum Gasteiger partial charge on any atom is -0.339 e. The molecule has 0 bridgehead atoms. The third-order valence-electron chi connectivity index (χ3n) is 4.87. The molecule has 1 fully saturated rings. The highest BCUT2D eigenvalue weighted by molar-refractivity contribution is 9.10. The second-order valence-corrected chi connectivity index (χ2v) is 7.96. The van der Waals surface area contributed by atoms with Gasteiger partial charge in [0, 0.05) is 28.8 Å². The lowest BCUT2D eigenvalue weighted by Crippen LogP contribution is -2.41. The number of anilines is 1. The Morgan fingerprint density at radius 1 is 1.25 bits per heavy atom. The van der Waals surface area contributed by atoms with Gasteiger partial charge < -0.3 is 14.7 Å². The second-order valence-electron chi connectivity index (χ2n) is 7.05. The number of urea groups is 1. The number of carbonyl (C=O) groups excluding carboxylic acids is 1. The van der Waals surface area contributed by atoms with Crippen LogP contribution in [0.4, 0.5) is 10.5 Å². The topological polar surface area (TPSA) is 71.3 Å². The van der Waals surface area contributed by atoms with E-state index in [-0.39, 0.29) is 11.9 Å². The van der Waals surface area contributed by atoms with E-state index in [1.165, 1.54) is 0 Å². The van der Waals surface area contributed by atoms with Gasteiger partial charge in [0.25, 0.3) is 0 Å². The molecule has 2 aromatic carbocycles. The average molecular weight is 441 g/mol. The van der Waals surface area contributed by atoms with E-state index in [0.29, 0.717) is 18.3 Å². The normalized spacial score (nSPS) is 16.8. The summed E-state index contributed by atoms with van der Waals surface area (Å²) >= 11 is 3.43. The molecular weight excluding hydrogens is 420 g/mol. The van der Waals surface area contributed by atoms with Crippen LogP contribution in [0.25, 0.3) is 11.4 Å². The molecule has 0 radical (unpaired) electrons. The minimum absolute atomic E-state index is 0.0497. The monoisotopic (exact) mass is 440 g/mol. The van der Waals surface area contributed by atoms with Gasteiger partial charge >= 0.3 is 6.03 Å². The highest BCUT2D eigenvalue weighted by Gasteiger charge is 2.28. The lowest BCUT2D eigenvalue weighted by molar-refractivity contribution is 0.184. The molecule has 0 spiro atoms. The molecule has 1 unspecified atom stereocenters. The standard InChI is InChI=1S/C21H21BrN4O2/c1-14-4-2-6-18(12-14)23-21(27)26-11-3-5-16(13-26)20-24-19(25-28-20)15-7-9-17(22)10-8-15/h2,4,6-10,12,16H,3,5,11,13H2,1H3,(H,23,27). The van der Waals surface area contributed by atoms with Crippen LogP contribution in [0, 0.1) is 6.92 Å². The lowest BCUT2D eigenvalue weighted by atomic mass is 9.98. The molecule has 2 heterocycles. The molecule has 1 aromatic heterocycles. The maximum Gasteiger partial charge on any atom is 0.321 e. The van der Waals surface area contributed by atoms with Crippen LogP contribution >= 0.6 is 15.9 Å². The first-order valence-corrected chi connectivity index (χ1v) is 10.1. The number of amides is 2. The number of nitrogens with zero attached hydrogens (tertiary/aromatic N) is 3. The van der Waals surface area contributed by atoms with Crippen LogP contribution in [0.1, 0.15) is 30.2 Å². The quantitative estimate of drug-likeness (QED) is 0.605. The van der Waals surface area contributed by atoms with Gasteiger partial charge in [0.2, 0.25) is 11.7 Å². The Balaban J connectivity index is 1.43.